The number of carbonyl (C=O) groups excluding carboxylic acids is 2. The van der Waals surface area contributed by atoms with Crippen LogP contribution in [0.15, 0.2) is 0 Å². The summed E-state index contributed by atoms with van der Waals surface area (Å²) in [4.78, 5) is 26.5. The zero-order chi connectivity index (χ0) is 15.4. The van der Waals surface area contributed by atoms with Crippen LogP contribution in [0, 0.1) is 0 Å². The standard InChI is InChI=1S/C14H20N2O3S2/c1-3-19-14(18)10-11(15)12(9(2)17)21-13(10)16-5-4-7-20-8-6-16/h3-8,15H2,1-2H3. The molecule has 2 N–H and O–H groups in total. The van der Waals surface area contributed by atoms with Gasteiger partial charge in [-0.1, -0.05) is 0 Å². The fourth-order valence-electron chi connectivity index (χ4n) is 2.27. The van der Waals surface area contributed by atoms with E-state index in [0.29, 0.717) is 17.0 Å². The topological polar surface area (TPSA) is 72.6 Å². The summed E-state index contributed by atoms with van der Waals surface area (Å²) >= 11 is 3.21. The lowest BCUT2D eigenvalue weighted by atomic mass is 10.2. The third-order valence-electron chi connectivity index (χ3n) is 3.24. The lowest BCUT2D eigenvalue weighted by Gasteiger charge is -2.21. The first-order chi connectivity index (χ1) is 10.1. The Morgan fingerprint density at radius 3 is 2.76 bits per heavy atom. The largest absolute Gasteiger partial charge is 0.462 e. The van der Waals surface area contributed by atoms with Gasteiger partial charge in [-0.25, -0.2) is 4.79 Å². The first kappa shape index (κ1) is 16.2. The van der Waals surface area contributed by atoms with Gasteiger partial charge >= 0.3 is 5.97 Å². The maximum atomic E-state index is 12.2. The predicted octanol–water partition coefficient (Wildman–Crippen LogP) is 2.65. The number of carbonyl (C=O) groups is 2. The van der Waals surface area contributed by atoms with Gasteiger partial charge < -0.3 is 15.4 Å². The zero-order valence-corrected chi connectivity index (χ0v) is 13.9. The molecule has 0 unspecified atom stereocenters. The second kappa shape index (κ2) is 7.17. The molecule has 1 saturated heterocycles. The number of nitrogens with zero attached hydrogens (tertiary/aromatic N) is 1. The van der Waals surface area contributed by atoms with Crippen molar-refractivity contribution in [3.05, 3.63) is 10.4 Å². The van der Waals surface area contributed by atoms with Gasteiger partial charge in [0.1, 0.15) is 10.6 Å². The van der Waals surface area contributed by atoms with Crippen molar-refractivity contribution >= 4 is 45.5 Å². The smallest absolute Gasteiger partial charge is 0.343 e. The van der Waals surface area contributed by atoms with E-state index in [1.54, 1.807) is 6.92 Å². The quantitative estimate of drug-likeness (QED) is 0.677. The van der Waals surface area contributed by atoms with Crippen molar-refractivity contribution in [1.82, 2.24) is 0 Å². The number of anilines is 2. The van der Waals surface area contributed by atoms with Gasteiger partial charge in [-0.05, 0) is 19.1 Å². The Morgan fingerprint density at radius 1 is 1.33 bits per heavy atom. The van der Waals surface area contributed by atoms with Crippen LogP contribution in [0.2, 0.25) is 0 Å². The summed E-state index contributed by atoms with van der Waals surface area (Å²) in [6, 6.07) is 0. The van der Waals surface area contributed by atoms with Gasteiger partial charge in [-0.2, -0.15) is 11.8 Å². The lowest BCUT2D eigenvalue weighted by molar-refractivity contribution is 0.0529. The van der Waals surface area contributed by atoms with Crippen LogP contribution in [-0.4, -0.2) is 43.0 Å². The molecule has 0 spiro atoms. The molecule has 116 valence electrons. The van der Waals surface area contributed by atoms with Crippen LogP contribution in [0.5, 0.6) is 0 Å². The molecule has 0 saturated carbocycles. The van der Waals surface area contributed by atoms with Crippen LogP contribution in [0.3, 0.4) is 0 Å². The number of thioether (sulfide) groups is 1. The molecule has 0 amide bonds. The molecular weight excluding hydrogens is 308 g/mol. The Balaban J connectivity index is 2.44. The molecule has 0 radical (unpaired) electrons. The highest BCUT2D eigenvalue weighted by Crippen LogP contribution is 2.39. The number of hydrogen-bond acceptors (Lipinski definition) is 7. The molecule has 5 nitrogen and oxygen atoms in total. The molecule has 1 aliphatic rings. The molecule has 0 aromatic carbocycles. The van der Waals surface area contributed by atoms with Gasteiger partial charge in [0.15, 0.2) is 5.78 Å². The van der Waals surface area contributed by atoms with Crippen molar-refractivity contribution in [2.24, 2.45) is 0 Å². The average molecular weight is 328 g/mol. The summed E-state index contributed by atoms with van der Waals surface area (Å²) in [5.74, 6) is 1.57. The zero-order valence-electron chi connectivity index (χ0n) is 12.3. The van der Waals surface area contributed by atoms with E-state index in [2.05, 4.69) is 4.90 Å². The highest BCUT2D eigenvalue weighted by molar-refractivity contribution is 7.99. The minimum atomic E-state index is -0.439. The van der Waals surface area contributed by atoms with Crippen molar-refractivity contribution in [2.75, 3.05) is 41.8 Å². The van der Waals surface area contributed by atoms with Crippen molar-refractivity contribution in [2.45, 2.75) is 20.3 Å². The second-order valence-electron chi connectivity index (χ2n) is 4.75. The maximum Gasteiger partial charge on any atom is 0.343 e. The van der Waals surface area contributed by atoms with E-state index in [0.717, 1.165) is 36.0 Å². The molecule has 1 fully saturated rings. The number of nitrogen functional groups attached to an aromatic ring is 1. The van der Waals surface area contributed by atoms with Gasteiger partial charge in [-0.3, -0.25) is 4.79 Å². The van der Waals surface area contributed by atoms with Crippen molar-refractivity contribution in [3.63, 3.8) is 0 Å². The average Bonchev–Trinajstić information content (AvgIpc) is 2.63. The van der Waals surface area contributed by atoms with Crippen molar-refractivity contribution in [1.29, 1.82) is 0 Å². The van der Waals surface area contributed by atoms with E-state index in [9.17, 15) is 9.59 Å². The lowest BCUT2D eigenvalue weighted by Crippen LogP contribution is -2.26. The Morgan fingerprint density at radius 2 is 2.10 bits per heavy atom. The molecule has 0 bridgehead atoms. The first-order valence-corrected chi connectivity index (χ1v) is 8.96. The first-order valence-electron chi connectivity index (χ1n) is 6.99. The van der Waals surface area contributed by atoms with Gasteiger partial charge in [0.2, 0.25) is 0 Å². The molecule has 2 heterocycles. The Labute approximate surface area is 132 Å². The van der Waals surface area contributed by atoms with Crippen LogP contribution < -0.4 is 10.6 Å². The van der Waals surface area contributed by atoms with Crippen molar-refractivity contribution < 1.29 is 14.3 Å². The monoisotopic (exact) mass is 328 g/mol. The van der Waals surface area contributed by atoms with Crippen LogP contribution in [0.4, 0.5) is 10.7 Å². The van der Waals surface area contributed by atoms with E-state index < -0.39 is 5.97 Å². The molecule has 0 atom stereocenters. The highest BCUT2D eigenvalue weighted by atomic mass is 32.2. The highest BCUT2D eigenvalue weighted by Gasteiger charge is 2.28. The minimum Gasteiger partial charge on any atom is -0.462 e. The predicted molar refractivity (Wildman–Crippen MR) is 88.8 cm³/mol. The number of thiophene rings is 1. The number of ketones is 1. The normalized spacial score (nSPS) is 15.6. The molecule has 1 aliphatic heterocycles. The molecule has 1 aromatic heterocycles. The van der Waals surface area contributed by atoms with E-state index >= 15 is 0 Å². The van der Waals surface area contributed by atoms with Gasteiger partial charge in [-0.15, -0.1) is 11.3 Å². The van der Waals surface area contributed by atoms with E-state index in [1.807, 2.05) is 11.8 Å². The van der Waals surface area contributed by atoms with Crippen LogP contribution >= 0.6 is 23.1 Å². The Kier molecular flexibility index (Phi) is 5.52. The second-order valence-corrected chi connectivity index (χ2v) is 6.98. The number of esters is 1. The Hall–Kier alpha value is -1.21. The van der Waals surface area contributed by atoms with E-state index in [-0.39, 0.29) is 11.5 Å². The summed E-state index contributed by atoms with van der Waals surface area (Å²) in [6.45, 7) is 5.25. The van der Waals surface area contributed by atoms with E-state index in [4.69, 9.17) is 10.5 Å². The van der Waals surface area contributed by atoms with Gasteiger partial charge in [0.25, 0.3) is 0 Å². The van der Waals surface area contributed by atoms with Gasteiger partial charge in [0, 0.05) is 25.8 Å². The molecule has 7 heteroatoms. The van der Waals surface area contributed by atoms with Gasteiger partial charge in [0.05, 0.1) is 17.2 Å². The summed E-state index contributed by atoms with van der Waals surface area (Å²) in [5.41, 5.74) is 6.66. The molecule has 0 aliphatic carbocycles. The molecule has 21 heavy (non-hydrogen) atoms. The third-order valence-corrected chi connectivity index (χ3v) is 5.65. The summed E-state index contributed by atoms with van der Waals surface area (Å²) < 4.78 is 5.11. The molecule has 1 aromatic rings. The van der Waals surface area contributed by atoms with Crippen LogP contribution in [-0.2, 0) is 4.74 Å². The molecule has 2 rings (SSSR count). The van der Waals surface area contributed by atoms with E-state index in [1.165, 1.54) is 18.3 Å². The summed E-state index contributed by atoms with van der Waals surface area (Å²) in [7, 11) is 0. The number of ether oxygens (including phenoxy) is 1. The minimum absolute atomic E-state index is 0.113. The Bertz CT molecular complexity index is 535. The third kappa shape index (κ3) is 3.52. The number of rotatable bonds is 4. The number of Topliss-reactive ketones (excluding diaryl/α,β-unsaturated/α-hetero) is 1. The SMILES string of the molecule is CCOC(=O)c1c(N2CCCSCC2)sc(C(C)=O)c1N. The summed E-state index contributed by atoms with van der Waals surface area (Å²) in [6.07, 6.45) is 1.06. The molecular formula is C14H20N2O3S2. The fraction of sp³-hybridized carbons (Fsp3) is 0.571. The van der Waals surface area contributed by atoms with Crippen LogP contribution in [0.25, 0.3) is 0 Å². The maximum absolute atomic E-state index is 12.2. The van der Waals surface area contributed by atoms with Crippen molar-refractivity contribution in [3.8, 4) is 0 Å². The summed E-state index contributed by atoms with van der Waals surface area (Å²) in [5, 5.41) is 0.777. The van der Waals surface area contributed by atoms with Crippen LogP contribution in [0.1, 0.15) is 40.3 Å². The number of nitrogens with two attached hydrogens (primary N) is 1. The number of hydrogen-bond donors (Lipinski definition) is 1. The fourth-order valence-corrected chi connectivity index (χ4v) is 4.31.